The number of hydrogen-bond donors (Lipinski definition) is 1. The Hall–Kier alpha value is -1.65. The summed E-state index contributed by atoms with van der Waals surface area (Å²) in [5.74, 6) is -1.96. The number of carboxylic acid groups (broad SMARTS) is 1. The number of Topliss-reactive ketones (excluding diaryl/α,β-unsaturated/α-hetero) is 1. The highest BCUT2D eigenvalue weighted by molar-refractivity contribution is 5.94. The number of rotatable bonds is 6. The second kappa shape index (κ2) is 6.76. The zero-order chi connectivity index (χ0) is 12.7. The molecule has 5 nitrogen and oxygen atoms in total. The number of carbonyl (C=O) groups excluding carboxylic acids is 2. The fourth-order valence-electron chi connectivity index (χ4n) is 0.999. The second-order valence-electron chi connectivity index (χ2n) is 3.47. The summed E-state index contributed by atoms with van der Waals surface area (Å²) in [5, 5.41) is 8.64. The van der Waals surface area contributed by atoms with E-state index in [0.717, 1.165) is 0 Å². The van der Waals surface area contributed by atoms with Gasteiger partial charge in [-0.05, 0) is 26.3 Å². The number of aliphatic carboxylic acids is 1. The van der Waals surface area contributed by atoms with Gasteiger partial charge in [0.15, 0.2) is 0 Å². The maximum Gasteiger partial charge on any atom is 0.331 e. The molecular weight excluding hydrogens is 212 g/mol. The van der Waals surface area contributed by atoms with Crippen LogP contribution in [-0.2, 0) is 19.1 Å². The van der Waals surface area contributed by atoms with Gasteiger partial charge < -0.3 is 9.84 Å². The summed E-state index contributed by atoms with van der Waals surface area (Å²) in [5.41, 5.74) is 0.113. The molecule has 0 heterocycles. The highest BCUT2D eigenvalue weighted by Gasteiger charge is 2.13. The van der Waals surface area contributed by atoms with Gasteiger partial charge in [-0.25, -0.2) is 4.79 Å². The molecule has 0 spiro atoms. The van der Waals surface area contributed by atoms with Crippen LogP contribution in [0.4, 0.5) is 0 Å². The lowest BCUT2D eigenvalue weighted by atomic mass is 10.2. The van der Waals surface area contributed by atoms with Gasteiger partial charge in [0.25, 0.3) is 0 Å². The Kier molecular flexibility index (Phi) is 6.07. The van der Waals surface area contributed by atoms with E-state index in [4.69, 9.17) is 9.84 Å². The number of esters is 1. The topological polar surface area (TPSA) is 80.7 Å². The van der Waals surface area contributed by atoms with Crippen molar-refractivity contribution in [2.75, 3.05) is 0 Å². The molecule has 0 aromatic carbocycles. The van der Waals surface area contributed by atoms with Crippen molar-refractivity contribution in [3.8, 4) is 0 Å². The lowest BCUT2D eigenvalue weighted by molar-refractivity contribution is -0.149. The Labute approximate surface area is 94.1 Å². The van der Waals surface area contributed by atoms with Gasteiger partial charge >= 0.3 is 11.9 Å². The quantitative estimate of drug-likeness (QED) is 0.421. The lowest BCUT2D eigenvalue weighted by Crippen LogP contribution is -2.18. The molecule has 0 aliphatic heterocycles. The molecule has 0 saturated carbocycles. The first-order valence-electron chi connectivity index (χ1n) is 4.97. The standard InChI is InChI=1S/C11H16O5/c1-4-9(5-7(2)11(14)15)16-10(13)6-8(3)12/h5,9H,4,6H2,1-3H3,(H,14,15). The fourth-order valence-corrected chi connectivity index (χ4v) is 0.999. The minimum Gasteiger partial charge on any atom is -0.478 e. The summed E-state index contributed by atoms with van der Waals surface area (Å²) in [4.78, 5) is 32.3. The van der Waals surface area contributed by atoms with E-state index < -0.39 is 18.0 Å². The fraction of sp³-hybridized carbons (Fsp3) is 0.545. The molecule has 1 unspecified atom stereocenters. The van der Waals surface area contributed by atoms with Crippen molar-refractivity contribution in [2.24, 2.45) is 0 Å². The molecule has 0 radical (unpaired) electrons. The van der Waals surface area contributed by atoms with Gasteiger partial charge in [-0.15, -0.1) is 0 Å². The van der Waals surface area contributed by atoms with Crippen LogP contribution in [0.15, 0.2) is 11.6 Å². The zero-order valence-electron chi connectivity index (χ0n) is 9.65. The largest absolute Gasteiger partial charge is 0.478 e. The average Bonchev–Trinajstić information content (AvgIpc) is 2.14. The molecule has 0 amide bonds. The highest BCUT2D eigenvalue weighted by atomic mass is 16.5. The van der Waals surface area contributed by atoms with E-state index in [1.54, 1.807) is 6.92 Å². The first-order chi connectivity index (χ1) is 7.36. The van der Waals surface area contributed by atoms with E-state index in [2.05, 4.69) is 0 Å². The van der Waals surface area contributed by atoms with Gasteiger partial charge in [0.1, 0.15) is 18.3 Å². The van der Waals surface area contributed by atoms with Gasteiger partial charge in [0.05, 0.1) is 0 Å². The first kappa shape index (κ1) is 14.3. The molecule has 0 saturated heterocycles. The smallest absolute Gasteiger partial charge is 0.331 e. The van der Waals surface area contributed by atoms with Crippen molar-refractivity contribution >= 4 is 17.7 Å². The Bertz CT molecular complexity index is 316. The van der Waals surface area contributed by atoms with Gasteiger partial charge in [0.2, 0.25) is 0 Å². The van der Waals surface area contributed by atoms with Crippen LogP contribution in [0.25, 0.3) is 0 Å². The van der Waals surface area contributed by atoms with Gasteiger partial charge in [-0.3, -0.25) is 9.59 Å². The van der Waals surface area contributed by atoms with E-state index in [1.807, 2.05) is 0 Å². The maximum absolute atomic E-state index is 11.2. The molecule has 16 heavy (non-hydrogen) atoms. The van der Waals surface area contributed by atoms with E-state index in [-0.39, 0.29) is 17.8 Å². The van der Waals surface area contributed by atoms with Crippen LogP contribution in [0.5, 0.6) is 0 Å². The van der Waals surface area contributed by atoms with E-state index in [9.17, 15) is 14.4 Å². The summed E-state index contributed by atoms with van der Waals surface area (Å²) in [6.07, 6.45) is 0.952. The molecule has 1 N–H and O–H groups in total. The molecular formula is C11H16O5. The van der Waals surface area contributed by atoms with Crippen molar-refractivity contribution < 1.29 is 24.2 Å². The predicted molar refractivity (Wildman–Crippen MR) is 56.9 cm³/mol. The van der Waals surface area contributed by atoms with Crippen molar-refractivity contribution in [1.82, 2.24) is 0 Å². The minimum atomic E-state index is -1.05. The average molecular weight is 228 g/mol. The Morgan fingerprint density at radius 1 is 1.31 bits per heavy atom. The maximum atomic E-state index is 11.2. The van der Waals surface area contributed by atoms with Crippen LogP contribution in [0.3, 0.4) is 0 Å². The molecule has 1 atom stereocenters. The lowest BCUT2D eigenvalue weighted by Gasteiger charge is -2.12. The number of ketones is 1. The highest BCUT2D eigenvalue weighted by Crippen LogP contribution is 2.06. The second-order valence-corrected chi connectivity index (χ2v) is 3.47. The third-order valence-electron chi connectivity index (χ3n) is 1.85. The van der Waals surface area contributed by atoms with Crippen molar-refractivity contribution in [3.63, 3.8) is 0 Å². The summed E-state index contributed by atoms with van der Waals surface area (Å²) in [6.45, 7) is 4.47. The monoisotopic (exact) mass is 228 g/mol. The first-order valence-corrected chi connectivity index (χ1v) is 4.97. The van der Waals surface area contributed by atoms with Crippen molar-refractivity contribution in [1.29, 1.82) is 0 Å². The van der Waals surface area contributed by atoms with Crippen LogP contribution in [-0.4, -0.2) is 28.9 Å². The minimum absolute atomic E-state index is 0.113. The molecule has 0 bridgehead atoms. The third-order valence-corrected chi connectivity index (χ3v) is 1.85. The molecule has 0 aliphatic carbocycles. The third kappa shape index (κ3) is 5.95. The molecule has 0 fully saturated rings. The zero-order valence-corrected chi connectivity index (χ0v) is 9.65. The van der Waals surface area contributed by atoms with Crippen LogP contribution in [0, 0.1) is 0 Å². The number of carbonyl (C=O) groups is 3. The summed E-state index contributed by atoms with van der Waals surface area (Å²) >= 11 is 0. The SMILES string of the molecule is CCC(C=C(C)C(=O)O)OC(=O)CC(C)=O. The number of ether oxygens (including phenoxy) is 1. The Morgan fingerprint density at radius 2 is 1.88 bits per heavy atom. The molecule has 90 valence electrons. The van der Waals surface area contributed by atoms with Gasteiger partial charge in [0, 0.05) is 5.57 Å². The normalized spacial score (nSPS) is 13.1. The van der Waals surface area contributed by atoms with Gasteiger partial charge in [-0.2, -0.15) is 0 Å². The number of hydrogen-bond acceptors (Lipinski definition) is 4. The van der Waals surface area contributed by atoms with Crippen molar-refractivity contribution in [3.05, 3.63) is 11.6 Å². The Balaban J connectivity index is 4.42. The summed E-state index contributed by atoms with van der Waals surface area (Å²) < 4.78 is 4.93. The predicted octanol–water partition coefficient (Wildman–Crippen LogP) is 1.32. The van der Waals surface area contributed by atoms with E-state index in [1.165, 1.54) is 19.9 Å². The van der Waals surface area contributed by atoms with E-state index in [0.29, 0.717) is 6.42 Å². The van der Waals surface area contributed by atoms with Crippen molar-refractivity contribution in [2.45, 2.75) is 39.7 Å². The molecule has 0 aromatic heterocycles. The molecule has 0 rings (SSSR count). The van der Waals surface area contributed by atoms with Crippen LogP contribution >= 0.6 is 0 Å². The van der Waals surface area contributed by atoms with Crippen LogP contribution in [0.1, 0.15) is 33.6 Å². The van der Waals surface area contributed by atoms with Crippen LogP contribution < -0.4 is 0 Å². The van der Waals surface area contributed by atoms with E-state index >= 15 is 0 Å². The molecule has 5 heteroatoms. The number of carboxylic acids is 1. The summed E-state index contributed by atoms with van der Waals surface area (Å²) in [7, 11) is 0. The molecule has 0 aliphatic rings. The van der Waals surface area contributed by atoms with Gasteiger partial charge in [-0.1, -0.05) is 6.92 Å². The summed E-state index contributed by atoms with van der Waals surface area (Å²) in [6, 6.07) is 0. The van der Waals surface area contributed by atoms with Crippen LogP contribution in [0.2, 0.25) is 0 Å². The molecule has 0 aromatic rings. The Morgan fingerprint density at radius 3 is 2.25 bits per heavy atom.